The van der Waals surface area contributed by atoms with E-state index in [1.807, 2.05) is 20.8 Å². The fraction of sp³-hybridized carbons (Fsp3) is 0.909. The van der Waals surface area contributed by atoms with E-state index in [1.54, 1.807) is 19.6 Å². The van der Waals surface area contributed by atoms with Gasteiger partial charge in [0.25, 0.3) is 0 Å². The van der Waals surface area contributed by atoms with E-state index < -0.39 is 24.4 Å². The summed E-state index contributed by atoms with van der Waals surface area (Å²) in [6, 6.07) is 0. The van der Waals surface area contributed by atoms with Crippen LogP contribution >= 0.6 is 0 Å². The second kappa shape index (κ2) is 5.60. The van der Waals surface area contributed by atoms with Crippen LogP contribution in [0.15, 0.2) is 0 Å². The van der Waals surface area contributed by atoms with Crippen molar-refractivity contribution in [2.75, 3.05) is 12.4 Å². The molecular weight excluding hydrogens is 270 g/mol. The predicted molar refractivity (Wildman–Crippen MR) is 75.4 cm³/mol. The van der Waals surface area contributed by atoms with Crippen molar-refractivity contribution in [3.05, 3.63) is 0 Å². The van der Waals surface area contributed by atoms with Gasteiger partial charge in [-0.1, -0.05) is 40.4 Å². The van der Waals surface area contributed by atoms with Gasteiger partial charge in [-0.05, 0) is 12.3 Å². The molecule has 0 fully saturated rings. The number of rotatable bonds is 4. The highest BCUT2D eigenvalue weighted by atomic mass is 32.2. The number of carbonyl (C=O) groups excluding carboxylic acids is 1. The molecule has 0 radical (unpaired) electrons. The van der Waals surface area contributed by atoms with Gasteiger partial charge in [-0.3, -0.25) is 0 Å². The molecule has 5 nitrogen and oxygen atoms in total. The fourth-order valence-corrected chi connectivity index (χ4v) is 6.15. The highest BCUT2D eigenvalue weighted by Gasteiger charge is 2.39. The largest absolute Gasteiger partial charge is 0.449 e. The van der Waals surface area contributed by atoms with E-state index in [1.165, 1.54) is 6.92 Å². The summed E-state index contributed by atoms with van der Waals surface area (Å²) in [5.74, 6) is -0.0953. The zero-order chi connectivity index (χ0) is 14.8. The highest BCUT2D eigenvalue weighted by molar-refractivity contribution is 7.91. The molecule has 0 aromatic rings. The van der Waals surface area contributed by atoms with Crippen LogP contribution in [0.1, 0.15) is 27.7 Å². The van der Waals surface area contributed by atoms with Crippen LogP contribution in [-0.4, -0.2) is 39.1 Å². The number of ether oxygens (including phenoxy) is 1. The van der Waals surface area contributed by atoms with Crippen molar-refractivity contribution in [1.29, 1.82) is 0 Å². The average Bonchev–Trinajstić information content (AvgIpc) is 2.11. The molecule has 108 valence electrons. The number of hydrogen-bond acceptors (Lipinski definition) is 4. The summed E-state index contributed by atoms with van der Waals surface area (Å²) < 4.78 is 30.0. The molecule has 0 aliphatic rings. The zero-order valence-corrected chi connectivity index (χ0v) is 14.2. The lowest BCUT2D eigenvalue weighted by atomic mass is 9.99. The van der Waals surface area contributed by atoms with Crippen LogP contribution in [0.25, 0.3) is 0 Å². The SMILES string of the molecule is CCS(=O)(=O)N(C(=O)OCC(C)(C)C)[Si](C)(C)C. The van der Waals surface area contributed by atoms with Crippen molar-refractivity contribution in [3.8, 4) is 0 Å². The maximum Gasteiger partial charge on any atom is 0.415 e. The Morgan fingerprint density at radius 2 is 1.67 bits per heavy atom. The Morgan fingerprint density at radius 1 is 1.22 bits per heavy atom. The van der Waals surface area contributed by atoms with E-state index in [0.717, 1.165) is 3.97 Å². The molecule has 0 saturated carbocycles. The predicted octanol–water partition coefficient (Wildman–Crippen LogP) is 2.66. The summed E-state index contributed by atoms with van der Waals surface area (Å²) in [5, 5.41) is 0. The number of nitrogens with zero attached hydrogens (tertiary/aromatic N) is 1. The fourth-order valence-electron chi connectivity index (χ4n) is 1.27. The third-order valence-electron chi connectivity index (χ3n) is 2.05. The standard InChI is InChI=1S/C11H25NO4SSi/c1-8-17(14,15)12(18(5,6)7)10(13)16-9-11(2,3)4/h8-9H2,1-7H3. The molecule has 7 heteroatoms. The molecule has 0 aromatic heterocycles. The topological polar surface area (TPSA) is 63.7 Å². The molecule has 1 amide bonds. The Hall–Kier alpha value is -0.563. The maximum atomic E-state index is 12.0. The number of amides is 1. The van der Waals surface area contributed by atoms with Crippen LogP contribution in [0.4, 0.5) is 4.79 Å². The monoisotopic (exact) mass is 295 g/mol. The highest BCUT2D eigenvalue weighted by Crippen LogP contribution is 2.19. The second-order valence-electron chi connectivity index (χ2n) is 6.45. The van der Waals surface area contributed by atoms with Crippen LogP contribution < -0.4 is 0 Å². The smallest absolute Gasteiger partial charge is 0.415 e. The first-order valence-electron chi connectivity index (χ1n) is 6.01. The lowest BCUT2D eigenvalue weighted by Crippen LogP contribution is -2.54. The quantitative estimate of drug-likeness (QED) is 0.748. The average molecular weight is 295 g/mol. The summed E-state index contributed by atoms with van der Waals surface area (Å²) in [5.41, 5.74) is -0.184. The molecule has 0 rings (SSSR count). The maximum absolute atomic E-state index is 12.0. The Morgan fingerprint density at radius 3 is 1.94 bits per heavy atom. The van der Waals surface area contributed by atoms with Gasteiger partial charge in [-0.15, -0.1) is 0 Å². The second-order valence-corrected chi connectivity index (χ2v) is 13.7. The summed E-state index contributed by atoms with van der Waals surface area (Å²) in [6.07, 6.45) is -0.744. The molecule has 0 N–H and O–H groups in total. The summed E-state index contributed by atoms with van der Waals surface area (Å²) >= 11 is 0. The molecular formula is C11H25NO4SSi. The van der Waals surface area contributed by atoms with Gasteiger partial charge in [0, 0.05) is 0 Å². The molecule has 18 heavy (non-hydrogen) atoms. The molecule has 0 aliphatic carbocycles. The molecule has 0 saturated heterocycles. The Bertz CT molecular complexity index is 392. The van der Waals surface area contributed by atoms with Crippen LogP contribution in [0.3, 0.4) is 0 Å². The molecule has 0 unspecified atom stereocenters. The lowest BCUT2D eigenvalue weighted by Gasteiger charge is -2.32. The van der Waals surface area contributed by atoms with Crippen LogP contribution in [-0.2, 0) is 14.8 Å². The zero-order valence-electron chi connectivity index (χ0n) is 12.4. The van der Waals surface area contributed by atoms with E-state index in [4.69, 9.17) is 4.74 Å². The summed E-state index contributed by atoms with van der Waals surface area (Å²) in [6.45, 7) is 12.9. The normalized spacial score (nSPS) is 13.3. The minimum absolute atomic E-state index is 0.0953. The first-order chi connectivity index (χ1) is 7.81. The van der Waals surface area contributed by atoms with Crippen molar-refractivity contribution >= 4 is 24.4 Å². The molecule has 0 bridgehead atoms. The third-order valence-corrected chi connectivity index (χ3v) is 7.36. The van der Waals surface area contributed by atoms with Gasteiger partial charge in [0.15, 0.2) is 8.24 Å². The number of hydrogen-bond donors (Lipinski definition) is 0. The molecule has 0 aromatic carbocycles. The van der Waals surface area contributed by atoms with Gasteiger partial charge in [0.05, 0.1) is 12.4 Å². The number of carbonyl (C=O) groups is 1. The van der Waals surface area contributed by atoms with Crippen molar-refractivity contribution in [3.63, 3.8) is 0 Å². The van der Waals surface area contributed by atoms with Gasteiger partial charge < -0.3 is 4.74 Å². The van der Waals surface area contributed by atoms with Gasteiger partial charge in [-0.2, -0.15) is 0 Å². The van der Waals surface area contributed by atoms with E-state index in [-0.39, 0.29) is 17.8 Å². The van der Waals surface area contributed by atoms with E-state index in [9.17, 15) is 13.2 Å². The first kappa shape index (κ1) is 17.4. The van der Waals surface area contributed by atoms with Gasteiger partial charge in [0.2, 0.25) is 10.0 Å². The molecule has 0 aliphatic heterocycles. The van der Waals surface area contributed by atoms with E-state index in [2.05, 4.69) is 0 Å². The van der Waals surface area contributed by atoms with Crippen LogP contribution in [0.2, 0.25) is 19.6 Å². The summed E-state index contributed by atoms with van der Waals surface area (Å²) in [7, 11) is -5.90. The van der Waals surface area contributed by atoms with Crippen LogP contribution in [0, 0.1) is 5.41 Å². The van der Waals surface area contributed by atoms with Gasteiger partial charge >= 0.3 is 6.09 Å². The lowest BCUT2D eigenvalue weighted by molar-refractivity contribution is 0.0993. The summed E-state index contributed by atoms with van der Waals surface area (Å²) in [4.78, 5) is 12.0. The van der Waals surface area contributed by atoms with Crippen LogP contribution in [0.5, 0.6) is 0 Å². The van der Waals surface area contributed by atoms with E-state index in [0.29, 0.717) is 0 Å². The molecule has 0 spiro atoms. The van der Waals surface area contributed by atoms with Crippen molar-refractivity contribution in [2.24, 2.45) is 5.41 Å². The minimum Gasteiger partial charge on any atom is -0.449 e. The Labute approximate surface area is 112 Å². The minimum atomic E-state index is -3.56. The van der Waals surface area contributed by atoms with Crippen molar-refractivity contribution < 1.29 is 17.9 Å². The van der Waals surface area contributed by atoms with Gasteiger partial charge in [-0.25, -0.2) is 17.2 Å². The van der Waals surface area contributed by atoms with Gasteiger partial charge in [0.1, 0.15) is 0 Å². The van der Waals surface area contributed by atoms with Crippen molar-refractivity contribution in [1.82, 2.24) is 3.97 Å². The molecule has 0 atom stereocenters. The van der Waals surface area contributed by atoms with Crippen molar-refractivity contribution in [2.45, 2.75) is 47.3 Å². The molecule has 0 heterocycles. The number of sulfonamides is 1. The Balaban J connectivity index is 5.09. The Kier molecular flexibility index (Phi) is 5.43. The third kappa shape index (κ3) is 5.39. The first-order valence-corrected chi connectivity index (χ1v) is 11.1. The van der Waals surface area contributed by atoms with E-state index >= 15 is 0 Å².